The van der Waals surface area contributed by atoms with Crippen molar-refractivity contribution >= 4 is 46.6 Å². The van der Waals surface area contributed by atoms with Crippen molar-refractivity contribution in [2.75, 3.05) is 16.4 Å². The average Bonchev–Trinajstić information content (AvgIpc) is 2.57. The van der Waals surface area contributed by atoms with Gasteiger partial charge in [0.2, 0.25) is 11.8 Å². The molecule has 0 heterocycles. The smallest absolute Gasteiger partial charge is 0.237 e. The van der Waals surface area contributed by atoms with Crippen LogP contribution < -0.4 is 10.6 Å². The first-order valence-electron chi connectivity index (χ1n) is 7.49. The van der Waals surface area contributed by atoms with Gasteiger partial charge in [-0.2, -0.15) is 0 Å². The highest BCUT2D eigenvalue weighted by Gasteiger charge is 2.16. The van der Waals surface area contributed by atoms with E-state index in [-0.39, 0.29) is 22.8 Å². The Morgan fingerprint density at radius 3 is 2.54 bits per heavy atom. The van der Waals surface area contributed by atoms with Crippen molar-refractivity contribution in [1.29, 1.82) is 0 Å². The molecular formula is C18H19ClN2O2S. The van der Waals surface area contributed by atoms with E-state index >= 15 is 0 Å². The number of anilines is 2. The lowest BCUT2D eigenvalue weighted by Crippen LogP contribution is -2.25. The van der Waals surface area contributed by atoms with Crippen LogP contribution in [0.3, 0.4) is 0 Å². The van der Waals surface area contributed by atoms with Gasteiger partial charge < -0.3 is 10.6 Å². The molecule has 0 aliphatic rings. The highest BCUT2D eigenvalue weighted by Crippen LogP contribution is 2.22. The zero-order valence-corrected chi connectivity index (χ0v) is 15.1. The number of hydrogen-bond donors (Lipinski definition) is 2. The number of hydrogen-bond acceptors (Lipinski definition) is 3. The molecule has 2 amide bonds. The lowest BCUT2D eigenvalue weighted by molar-refractivity contribution is -0.115. The monoisotopic (exact) mass is 362 g/mol. The Morgan fingerprint density at radius 2 is 1.83 bits per heavy atom. The maximum absolute atomic E-state index is 12.2. The normalized spacial score (nSPS) is 11.6. The second-order valence-electron chi connectivity index (χ2n) is 5.32. The number of benzene rings is 2. The maximum atomic E-state index is 12.2. The highest BCUT2D eigenvalue weighted by atomic mass is 35.5. The van der Waals surface area contributed by atoms with Crippen molar-refractivity contribution < 1.29 is 9.59 Å². The van der Waals surface area contributed by atoms with E-state index in [9.17, 15) is 9.59 Å². The van der Waals surface area contributed by atoms with Crippen LogP contribution in [0.2, 0.25) is 5.02 Å². The summed E-state index contributed by atoms with van der Waals surface area (Å²) in [6.45, 7) is 3.67. The molecular weight excluding hydrogens is 344 g/mol. The average molecular weight is 363 g/mol. The molecule has 2 rings (SSSR count). The van der Waals surface area contributed by atoms with Gasteiger partial charge in [0.1, 0.15) is 0 Å². The molecule has 6 heteroatoms. The standard InChI is InChI=1S/C18H19ClN2O2S/c1-12-8-9-14(19)10-16(12)21-18(23)13(2)24-11-17(22)20-15-6-4-3-5-7-15/h3-10,13H,11H2,1-2H3,(H,20,22)(H,21,23)/t13-/m0/s1. The van der Waals surface area contributed by atoms with Gasteiger partial charge >= 0.3 is 0 Å². The number of carbonyl (C=O) groups is 2. The fourth-order valence-electron chi connectivity index (χ4n) is 1.96. The van der Waals surface area contributed by atoms with Gasteiger partial charge in [0.15, 0.2) is 0 Å². The Balaban J connectivity index is 1.83. The summed E-state index contributed by atoms with van der Waals surface area (Å²) in [5, 5.41) is 5.85. The quantitative estimate of drug-likeness (QED) is 0.803. The van der Waals surface area contributed by atoms with E-state index in [4.69, 9.17) is 11.6 Å². The van der Waals surface area contributed by atoms with E-state index < -0.39 is 0 Å². The lowest BCUT2D eigenvalue weighted by atomic mass is 10.2. The minimum atomic E-state index is -0.357. The molecule has 0 saturated carbocycles. The van der Waals surface area contributed by atoms with Crippen LogP contribution in [0.15, 0.2) is 48.5 Å². The van der Waals surface area contributed by atoms with Crippen LogP contribution in [0.4, 0.5) is 11.4 Å². The summed E-state index contributed by atoms with van der Waals surface area (Å²) in [6.07, 6.45) is 0. The van der Waals surface area contributed by atoms with E-state index in [0.29, 0.717) is 10.7 Å². The van der Waals surface area contributed by atoms with Gasteiger partial charge in [0.25, 0.3) is 0 Å². The zero-order valence-electron chi connectivity index (χ0n) is 13.5. The van der Waals surface area contributed by atoms with Gasteiger partial charge in [-0.25, -0.2) is 0 Å². The third-order valence-corrected chi connectivity index (χ3v) is 4.73. The van der Waals surface area contributed by atoms with Gasteiger partial charge in [-0.3, -0.25) is 9.59 Å². The molecule has 2 N–H and O–H groups in total. The molecule has 126 valence electrons. The Morgan fingerprint density at radius 1 is 1.12 bits per heavy atom. The van der Waals surface area contributed by atoms with Crippen molar-refractivity contribution in [2.24, 2.45) is 0 Å². The fourth-order valence-corrected chi connectivity index (χ4v) is 2.81. The fraction of sp³-hybridized carbons (Fsp3) is 0.222. The summed E-state index contributed by atoms with van der Waals surface area (Å²) in [5.74, 6) is -0.0828. The van der Waals surface area contributed by atoms with E-state index in [1.54, 1.807) is 19.1 Å². The number of halogens is 1. The van der Waals surface area contributed by atoms with Gasteiger partial charge in [-0.1, -0.05) is 35.9 Å². The van der Waals surface area contributed by atoms with Crippen LogP contribution in [0.1, 0.15) is 12.5 Å². The van der Waals surface area contributed by atoms with Crippen molar-refractivity contribution in [3.63, 3.8) is 0 Å². The predicted molar refractivity (Wildman–Crippen MR) is 102 cm³/mol. The van der Waals surface area contributed by atoms with E-state index in [0.717, 1.165) is 11.3 Å². The van der Waals surface area contributed by atoms with E-state index in [1.807, 2.05) is 43.3 Å². The molecule has 4 nitrogen and oxygen atoms in total. The summed E-state index contributed by atoms with van der Waals surface area (Å²) >= 11 is 7.23. The lowest BCUT2D eigenvalue weighted by Gasteiger charge is -2.14. The molecule has 0 bridgehead atoms. The van der Waals surface area contributed by atoms with Gasteiger partial charge in [0, 0.05) is 16.4 Å². The number of nitrogens with one attached hydrogen (secondary N) is 2. The molecule has 0 saturated heterocycles. The zero-order chi connectivity index (χ0) is 17.5. The summed E-state index contributed by atoms with van der Waals surface area (Å²) in [5.41, 5.74) is 2.37. The minimum Gasteiger partial charge on any atom is -0.325 e. The highest BCUT2D eigenvalue weighted by molar-refractivity contribution is 8.01. The first-order chi connectivity index (χ1) is 11.5. The predicted octanol–water partition coefficient (Wildman–Crippen LogP) is 4.35. The van der Waals surface area contributed by atoms with Crippen molar-refractivity contribution in [2.45, 2.75) is 19.1 Å². The molecule has 2 aromatic rings. The Bertz CT molecular complexity index is 722. The molecule has 0 aliphatic heterocycles. The third-order valence-electron chi connectivity index (χ3n) is 3.35. The van der Waals surface area contributed by atoms with Gasteiger partial charge in [-0.05, 0) is 43.7 Å². The van der Waals surface area contributed by atoms with Crippen molar-refractivity contribution in [1.82, 2.24) is 0 Å². The number of carbonyl (C=O) groups excluding carboxylic acids is 2. The molecule has 0 spiro atoms. The SMILES string of the molecule is Cc1ccc(Cl)cc1NC(=O)[C@H](C)SCC(=O)Nc1ccccc1. The molecule has 24 heavy (non-hydrogen) atoms. The van der Waals surface area contributed by atoms with Crippen LogP contribution in [0.5, 0.6) is 0 Å². The Kier molecular flexibility index (Phi) is 6.70. The topological polar surface area (TPSA) is 58.2 Å². The van der Waals surface area contributed by atoms with E-state index in [1.165, 1.54) is 11.8 Å². The molecule has 0 aliphatic carbocycles. The molecule has 0 fully saturated rings. The summed E-state index contributed by atoms with van der Waals surface area (Å²) in [6, 6.07) is 14.6. The number of thioether (sulfide) groups is 1. The van der Waals surface area contributed by atoms with Gasteiger partial charge in [-0.15, -0.1) is 11.8 Å². The molecule has 0 radical (unpaired) electrons. The van der Waals surface area contributed by atoms with Crippen LogP contribution in [-0.2, 0) is 9.59 Å². The second kappa shape index (κ2) is 8.76. The molecule has 2 aromatic carbocycles. The molecule has 0 aromatic heterocycles. The van der Waals surface area contributed by atoms with E-state index in [2.05, 4.69) is 10.6 Å². The summed E-state index contributed by atoms with van der Waals surface area (Å²) in [7, 11) is 0. The number of para-hydroxylation sites is 1. The third kappa shape index (κ3) is 5.58. The van der Waals surface area contributed by atoms with Gasteiger partial charge in [0.05, 0.1) is 11.0 Å². The molecule has 0 unspecified atom stereocenters. The second-order valence-corrected chi connectivity index (χ2v) is 7.08. The number of amides is 2. The van der Waals surface area contributed by atoms with Crippen molar-refractivity contribution in [3.05, 3.63) is 59.1 Å². The molecule has 1 atom stereocenters. The van der Waals surface area contributed by atoms with Crippen LogP contribution in [-0.4, -0.2) is 22.8 Å². The van der Waals surface area contributed by atoms with Crippen LogP contribution >= 0.6 is 23.4 Å². The first kappa shape index (κ1) is 18.4. The Labute approximate surface area is 151 Å². The van der Waals surface area contributed by atoms with Crippen LogP contribution in [0.25, 0.3) is 0 Å². The largest absolute Gasteiger partial charge is 0.325 e. The minimum absolute atomic E-state index is 0.134. The summed E-state index contributed by atoms with van der Waals surface area (Å²) < 4.78 is 0. The first-order valence-corrected chi connectivity index (χ1v) is 8.92. The Hall–Kier alpha value is -1.98. The van der Waals surface area contributed by atoms with Crippen LogP contribution in [0, 0.1) is 6.92 Å². The maximum Gasteiger partial charge on any atom is 0.237 e. The van der Waals surface area contributed by atoms with Crippen molar-refractivity contribution in [3.8, 4) is 0 Å². The number of rotatable bonds is 6. The number of aryl methyl sites for hydroxylation is 1. The summed E-state index contributed by atoms with van der Waals surface area (Å²) in [4.78, 5) is 24.2.